The Labute approximate surface area is 95.5 Å². The molecule has 6 nitrogen and oxygen atoms in total. The quantitative estimate of drug-likeness (QED) is 0.384. The van der Waals surface area contributed by atoms with Crippen LogP contribution >= 0.6 is 0 Å². The Balaban J connectivity index is 4.17. The van der Waals surface area contributed by atoms with Gasteiger partial charge in [-0.2, -0.15) is 8.42 Å². The summed E-state index contributed by atoms with van der Waals surface area (Å²) in [6.07, 6.45) is 1.38. The number of ether oxygens (including phenoxy) is 1. The second-order valence-electron chi connectivity index (χ2n) is 3.51. The molecule has 0 heterocycles. The summed E-state index contributed by atoms with van der Waals surface area (Å²) in [5, 5.41) is 0. The van der Waals surface area contributed by atoms with Gasteiger partial charge in [0.25, 0.3) is 0 Å². The molecule has 0 unspecified atom stereocenters. The van der Waals surface area contributed by atoms with E-state index in [-0.39, 0.29) is 0 Å². The van der Waals surface area contributed by atoms with E-state index in [0.717, 1.165) is 6.08 Å². The summed E-state index contributed by atoms with van der Waals surface area (Å²) in [6, 6.07) is 0. The predicted molar refractivity (Wildman–Crippen MR) is 56.6 cm³/mol. The molecule has 0 bridgehead atoms. The van der Waals surface area contributed by atoms with Crippen LogP contribution in [0.4, 0.5) is 0 Å². The van der Waals surface area contributed by atoms with Crippen molar-refractivity contribution in [3.8, 4) is 0 Å². The van der Waals surface area contributed by atoms with Crippen molar-refractivity contribution in [2.24, 2.45) is 0 Å². The highest BCUT2D eigenvalue weighted by Gasteiger charge is 2.25. The molecular weight excluding hydrogens is 236 g/mol. The van der Waals surface area contributed by atoms with Gasteiger partial charge in [0.05, 0.1) is 5.60 Å². The van der Waals surface area contributed by atoms with Crippen LogP contribution < -0.4 is 0 Å². The number of hydrogen-bond donors (Lipinski definition) is 0. The minimum atomic E-state index is -4.17. The number of rotatable bonds is 7. The van der Waals surface area contributed by atoms with Gasteiger partial charge in [0.2, 0.25) is 6.79 Å². The molecule has 0 aliphatic rings. The molecule has 0 fully saturated rings. The van der Waals surface area contributed by atoms with E-state index in [9.17, 15) is 13.2 Å². The number of carbonyl (C=O) groups excluding carboxylic acids is 1. The smallest absolute Gasteiger partial charge is 0.403 e. The molecule has 0 saturated carbocycles. The molecule has 0 N–H and O–H groups in total. The monoisotopic (exact) mass is 252 g/mol. The molecular formula is C9H16O6S. The average molecular weight is 252 g/mol. The van der Waals surface area contributed by atoms with E-state index >= 15 is 0 Å². The van der Waals surface area contributed by atoms with Gasteiger partial charge in [-0.05, 0) is 20.3 Å². The van der Waals surface area contributed by atoms with Gasteiger partial charge in [-0.3, -0.25) is 0 Å². The Bertz CT molecular complexity index is 343. The third-order valence-electron chi connectivity index (χ3n) is 1.74. The third kappa shape index (κ3) is 6.54. The Morgan fingerprint density at radius 3 is 2.44 bits per heavy atom. The molecule has 0 atom stereocenters. The van der Waals surface area contributed by atoms with Crippen LogP contribution in [0, 0.1) is 0 Å². The van der Waals surface area contributed by atoms with E-state index in [2.05, 4.69) is 15.5 Å². The predicted octanol–water partition coefficient (Wildman–Crippen LogP) is 1.14. The molecule has 0 rings (SSSR count). The fourth-order valence-corrected chi connectivity index (χ4v) is 1.44. The van der Waals surface area contributed by atoms with E-state index in [1.165, 1.54) is 0 Å². The topological polar surface area (TPSA) is 78.9 Å². The highest BCUT2D eigenvalue weighted by molar-refractivity contribution is 7.81. The lowest BCUT2D eigenvalue weighted by Gasteiger charge is -2.21. The van der Waals surface area contributed by atoms with Crippen LogP contribution in [0.1, 0.15) is 27.2 Å². The highest BCUT2D eigenvalue weighted by atomic mass is 32.3. The minimum absolute atomic E-state index is 0.488. The summed E-state index contributed by atoms with van der Waals surface area (Å²) >= 11 is 0. The summed E-state index contributed by atoms with van der Waals surface area (Å²) in [6.45, 7) is 7.38. The van der Waals surface area contributed by atoms with Crippen LogP contribution in [-0.2, 0) is 28.3 Å². The van der Waals surface area contributed by atoms with Gasteiger partial charge in [0.15, 0.2) is 0 Å². The summed E-state index contributed by atoms with van der Waals surface area (Å²) < 4.78 is 35.8. The molecule has 0 aliphatic carbocycles. The SMILES string of the molecule is C=CC(=O)OCOS(=O)(=O)OC(C)(C)CC. The van der Waals surface area contributed by atoms with Crippen molar-refractivity contribution in [2.45, 2.75) is 32.8 Å². The van der Waals surface area contributed by atoms with Gasteiger partial charge >= 0.3 is 16.4 Å². The van der Waals surface area contributed by atoms with Gasteiger partial charge in [0, 0.05) is 6.08 Å². The molecule has 0 spiro atoms. The Morgan fingerprint density at radius 2 is 2.00 bits per heavy atom. The van der Waals surface area contributed by atoms with Crippen molar-refractivity contribution in [1.29, 1.82) is 0 Å². The van der Waals surface area contributed by atoms with E-state index in [1.807, 2.05) is 0 Å². The first-order chi connectivity index (χ1) is 7.22. The van der Waals surface area contributed by atoms with Gasteiger partial charge in [0.1, 0.15) is 0 Å². The lowest BCUT2D eigenvalue weighted by Crippen LogP contribution is -2.28. The normalized spacial score (nSPS) is 12.2. The molecule has 0 amide bonds. The standard InChI is InChI=1S/C9H16O6S/c1-5-8(10)13-7-14-16(11,12)15-9(3,4)6-2/h5H,1,6-7H2,2-4H3. The van der Waals surface area contributed by atoms with Gasteiger partial charge in [-0.15, -0.1) is 0 Å². The second-order valence-corrected chi connectivity index (χ2v) is 4.73. The fourth-order valence-electron chi connectivity index (χ4n) is 0.559. The van der Waals surface area contributed by atoms with Crippen molar-refractivity contribution < 1.29 is 26.3 Å². The molecule has 0 saturated heterocycles. The Hall–Kier alpha value is -0.920. The zero-order valence-electron chi connectivity index (χ0n) is 9.56. The van der Waals surface area contributed by atoms with Crippen LogP contribution in [-0.4, -0.2) is 26.8 Å². The molecule has 94 valence electrons. The maximum atomic E-state index is 11.2. The van der Waals surface area contributed by atoms with Crippen LogP contribution in [0.5, 0.6) is 0 Å². The molecule has 0 aromatic rings. The summed E-state index contributed by atoms with van der Waals surface area (Å²) in [4.78, 5) is 10.6. The summed E-state index contributed by atoms with van der Waals surface area (Å²) in [5.74, 6) is -0.773. The van der Waals surface area contributed by atoms with Crippen molar-refractivity contribution in [2.75, 3.05) is 6.79 Å². The lowest BCUT2D eigenvalue weighted by molar-refractivity contribution is -0.144. The first-order valence-electron chi connectivity index (χ1n) is 4.61. The number of hydrogen-bond acceptors (Lipinski definition) is 6. The van der Waals surface area contributed by atoms with E-state index in [0.29, 0.717) is 6.42 Å². The largest absolute Gasteiger partial charge is 0.434 e. The van der Waals surface area contributed by atoms with Crippen LogP contribution in [0.15, 0.2) is 12.7 Å². The average Bonchev–Trinajstić information content (AvgIpc) is 2.15. The van der Waals surface area contributed by atoms with E-state index < -0.39 is 28.8 Å². The van der Waals surface area contributed by atoms with Crippen LogP contribution in [0.2, 0.25) is 0 Å². The first-order valence-corrected chi connectivity index (χ1v) is 5.95. The molecule has 0 aliphatic heterocycles. The van der Waals surface area contributed by atoms with Crippen LogP contribution in [0.3, 0.4) is 0 Å². The van der Waals surface area contributed by atoms with E-state index in [4.69, 9.17) is 4.18 Å². The molecule has 0 radical (unpaired) electrons. The summed E-state index contributed by atoms with van der Waals surface area (Å²) in [5.41, 5.74) is -0.860. The zero-order chi connectivity index (χ0) is 12.8. The minimum Gasteiger partial charge on any atom is -0.434 e. The maximum Gasteiger partial charge on any atom is 0.403 e. The van der Waals surface area contributed by atoms with Crippen molar-refractivity contribution in [3.63, 3.8) is 0 Å². The first kappa shape index (κ1) is 15.1. The maximum absolute atomic E-state index is 11.2. The molecule has 0 aromatic heterocycles. The van der Waals surface area contributed by atoms with E-state index in [1.54, 1.807) is 20.8 Å². The highest BCUT2D eigenvalue weighted by Crippen LogP contribution is 2.17. The Kier molecular flexibility index (Phi) is 5.63. The number of esters is 1. The van der Waals surface area contributed by atoms with Gasteiger partial charge < -0.3 is 4.74 Å². The van der Waals surface area contributed by atoms with Crippen molar-refractivity contribution in [1.82, 2.24) is 0 Å². The third-order valence-corrected chi connectivity index (χ3v) is 2.78. The van der Waals surface area contributed by atoms with Crippen molar-refractivity contribution >= 4 is 16.4 Å². The molecule has 0 aromatic carbocycles. The fraction of sp³-hybridized carbons (Fsp3) is 0.667. The zero-order valence-corrected chi connectivity index (χ0v) is 10.4. The van der Waals surface area contributed by atoms with Gasteiger partial charge in [-0.25, -0.2) is 13.2 Å². The molecule has 16 heavy (non-hydrogen) atoms. The number of carbonyl (C=O) groups is 1. The van der Waals surface area contributed by atoms with Crippen molar-refractivity contribution in [3.05, 3.63) is 12.7 Å². The Morgan fingerprint density at radius 1 is 1.44 bits per heavy atom. The van der Waals surface area contributed by atoms with Gasteiger partial charge in [-0.1, -0.05) is 13.5 Å². The van der Waals surface area contributed by atoms with Crippen LogP contribution in [0.25, 0.3) is 0 Å². The molecule has 7 heteroatoms. The second kappa shape index (κ2) is 5.97. The summed E-state index contributed by atoms with van der Waals surface area (Å²) in [7, 11) is -4.17. The lowest BCUT2D eigenvalue weighted by atomic mass is 10.1.